The monoisotopic (exact) mass is 394 g/mol. The van der Waals surface area contributed by atoms with E-state index in [2.05, 4.69) is 41.4 Å². The quantitative estimate of drug-likeness (QED) is 0.681. The van der Waals surface area contributed by atoms with Crippen LogP contribution in [0.15, 0.2) is 53.7 Å². The molecule has 1 saturated carbocycles. The van der Waals surface area contributed by atoms with E-state index >= 15 is 0 Å². The fourth-order valence-electron chi connectivity index (χ4n) is 4.94. The van der Waals surface area contributed by atoms with E-state index in [9.17, 15) is 0 Å². The summed E-state index contributed by atoms with van der Waals surface area (Å²) in [6.07, 6.45) is 4.14. The number of hydrogen-bond donors (Lipinski definition) is 0. The molecule has 154 valence electrons. The maximum atomic E-state index is 5.68. The first kappa shape index (κ1) is 19.8. The third kappa shape index (κ3) is 3.84. The molecule has 2 aromatic carbocycles. The van der Waals surface area contributed by atoms with Gasteiger partial charge in [0, 0.05) is 17.9 Å². The lowest BCUT2D eigenvalue weighted by Crippen LogP contribution is -2.46. The third-order valence-corrected chi connectivity index (χ3v) is 6.60. The van der Waals surface area contributed by atoms with Crippen LogP contribution < -0.4 is 9.47 Å². The molecule has 5 heteroatoms. The minimum Gasteiger partial charge on any atom is -0.493 e. The summed E-state index contributed by atoms with van der Waals surface area (Å²) in [5, 5.41) is 4.50. The van der Waals surface area contributed by atoms with Gasteiger partial charge in [-0.2, -0.15) is 0 Å². The van der Waals surface area contributed by atoms with Gasteiger partial charge in [0.1, 0.15) is 6.61 Å². The molecule has 0 spiro atoms. The molecule has 5 nitrogen and oxygen atoms in total. The Morgan fingerprint density at radius 1 is 1.03 bits per heavy atom. The largest absolute Gasteiger partial charge is 0.493 e. The first-order chi connectivity index (χ1) is 14.2. The van der Waals surface area contributed by atoms with Crippen LogP contribution in [-0.4, -0.2) is 44.5 Å². The smallest absolute Gasteiger partial charge is 0.161 e. The Kier molecular flexibility index (Phi) is 5.76. The Labute approximate surface area is 173 Å². The first-order valence-corrected chi connectivity index (χ1v) is 10.3. The van der Waals surface area contributed by atoms with E-state index < -0.39 is 0 Å². The number of rotatable bonds is 6. The Morgan fingerprint density at radius 2 is 1.83 bits per heavy atom. The normalized spacial score (nSPS) is 25.6. The van der Waals surface area contributed by atoms with Crippen molar-refractivity contribution in [1.29, 1.82) is 0 Å². The molecule has 2 aromatic rings. The van der Waals surface area contributed by atoms with Crippen LogP contribution in [0.25, 0.3) is 0 Å². The van der Waals surface area contributed by atoms with Crippen molar-refractivity contribution in [1.82, 2.24) is 4.90 Å². The Bertz CT molecular complexity index is 868. The van der Waals surface area contributed by atoms with Crippen molar-refractivity contribution < 1.29 is 14.3 Å². The summed E-state index contributed by atoms with van der Waals surface area (Å²) < 4.78 is 11.0. The maximum absolute atomic E-state index is 5.68. The van der Waals surface area contributed by atoms with Crippen LogP contribution >= 0.6 is 0 Å². The predicted molar refractivity (Wildman–Crippen MR) is 115 cm³/mol. The number of likely N-dealkylation sites (tertiary alicyclic amines) is 1. The zero-order valence-electron chi connectivity index (χ0n) is 17.6. The van der Waals surface area contributed by atoms with Crippen molar-refractivity contribution in [2.45, 2.75) is 43.7 Å². The molecule has 1 saturated heterocycles. The van der Waals surface area contributed by atoms with Crippen molar-refractivity contribution in [3.8, 4) is 11.5 Å². The van der Waals surface area contributed by atoms with E-state index in [-0.39, 0.29) is 5.41 Å². The van der Waals surface area contributed by atoms with Crippen molar-refractivity contribution in [2.75, 3.05) is 27.8 Å². The second-order valence-electron chi connectivity index (χ2n) is 8.09. The molecule has 0 bridgehead atoms. The molecule has 29 heavy (non-hydrogen) atoms. The average Bonchev–Trinajstić information content (AvgIpc) is 3.11. The molecule has 1 aliphatic heterocycles. The Hall–Kier alpha value is -2.53. The van der Waals surface area contributed by atoms with Gasteiger partial charge in [-0.15, -0.1) is 0 Å². The van der Waals surface area contributed by atoms with Crippen LogP contribution in [0.5, 0.6) is 11.5 Å². The molecular formula is C24H30N2O3. The number of likely N-dealkylation sites (N-methyl/N-ethyl adjacent to an activating group) is 1. The molecule has 2 aliphatic rings. The number of methoxy groups -OCH3 is 2. The minimum atomic E-state index is 0.132. The van der Waals surface area contributed by atoms with Gasteiger partial charge in [-0.3, -0.25) is 0 Å². The number of benzene rings is 2. The van der Waals surface area contributed by atoms with Crippen molar-refractivity contribution in [3.05, 3.63) is 59.7 Å². The van der Waals surface area contributed by atoms with Crippen molar-refractivity contribution in [2.24, 2.45) is 5.16 Å². The minimum absolute atomic E-state index is 0.132. The van der Waals surface area contributed by atoms with Gasteiger partial charge in [0.2, 0.25) is 0 Å². The SMILES string of the molecule is COc1ccc([C@@]23CC/C(=N\OCc4ccccc4)C[C@@H]2N(C)CC3)cc1OC. The zero-order valence-corrected chi connectivity index (χ0v) is 17.6. The van der Waals surface area contributed by atoms with E-state index in [1.165, 1.54) is 5.56 Å². The summed E-state index contributed by atoms with van der Waals surface area (Å²) in [6.45, 7) is 1.61. The van der Waals surface area contributed by atoms with E-state index in [0.717, 1.165) is 55.0 Å². The van der Waals surface area contributed by atoms with Gasteiger partial charge in [-0.25, -0.2) is 0 Å². The fraction of sp³-hybridized carbons (Fsp3) is 0.458. The Balaban J connectivity index is 1.52. The highest BCUT2D eigenvalue weighted by atomic mass is 16.6. The highest BCUT2D eigenvalue weighted by molar-refractivity contribution is 5.86. The second kappa shape index (κ2) is 8.46. The van der Waals surface area contributed by atoms with Gasteiger partial charge in [-0.05, 0) is 56.1 Å². The average molecular weight is 395 g/mol. The van der Waals surface area contributed by atoms with Gasteiger partial charge >= 0.3 is 0 Å². The van der Waals surface area contributed by atoms with Crippen molar-refractivity contribution in [3.63, 3.8) is 0 Å². The number of oxime groups is 1. The molecule has 0 amide bonds. The van der Waals surface area contributed by atoms with Crippen LogP contribution in [-0.2, 0) is 16.9 Å². The summed E-state index contributed by atoms with van der Waals surface area (Å²) in [4.78, 5) is 8.16. The molecule has 4 rings (SSSR count). The molecule has 1 aliphatic carbocycles. The van der Waals surface area contributed by atoms with Gasteiger partial charge in [0.15, 0.2) is 11.5 Å². The molecule has 2 atom stereocenters. The zero-order chi connectivity index (χ0) is 20.3. The molecular weight excluding hydrogens is 364 g/mol. The number of nitrogens with zero attached hydrogens (tertiary/aromatic N) is 2. The Morgan fingerprint density at radius 3 is 2.59 bits per heavy atom. The van der Waals surface area contributed by atoms with E-state index in [4.69, 9.17) is 14.3 Å². The standard InChI is InChI=1S/C24H30N2O3/c1-26-14-13-24(19-9-10-21(27-2)22(15-19)28-3)12-11-20(16-23(24)26)25-29-17-18-7-5-4-6-8-18/h4-10,15,23H,11-14,16-17H2,1-3H3/b25-20+/t23-,24-/m0/s1. The fourth-order valence-corrected chi connectivity index (χ4v) is 4.94. The summed E-state index contributed by atoms with van der Waals surface area (Å²) in [5.74, 6) is 1.58. The van der Waals surface area contributed by atoms with Gasteiger partial charge in [0.25, 0.3) is 0 Å². The lowest BCUT2D eigenvalue weighted by Gasteiger charge is -2.42. The van der Waals surface area contributed by atoms with Gasteiger partial charge in [0.05, 0.1) is 19.9 Å². The van der Waals surface area contributed by atoms with E-state index in [1.54, 1.807) is 14.2 Å². The molecule has 0 unspecified atom stereocenters. The van der Waals surface area contributed by atoms with Crippen molar-refractivity contribution >= 4 is 5.71 Å². The predicted octanol–water partition coefficient (Wildman–Crippen LogP) is 4.40. The van der Waals surface area contributed by atoms with Crippen LogP contribution in [0.1, 0.15) is 36.8 Å². The third-order valence-electron chi connectivity index (χ3n) is 6.60. The van der Waals surface area contributed by atoms with Crippen LogP contribution in [0.2, 0.25) is 0 Å². The van der Waals surface area contributed by atoms with E-state index in [0.29, 0.717) is 12.6 Å². The highest BCUT2D eigenvalue weighted by Gasteiger charge is 2.50. The molecule has 1 heterocycles. The molecule has 2 fully saturated rings. The number of fused-ring (bicyclic) bond motifs is 1. The van der Waals surface area contributed by atoms with Crippen LogP contribution in [0, 0.1) is 0 Å². The summed E-state index contributed by atoms with van der Waals surface area (Å²) in [5.41, 5.74) is 3.78. The first-order valence-electron chi connectivity index (χ1n) is 10.3. The molecule has 0 aromatic heterocycles. The van der Waals surface area contributed by atoms with Gasteiger partial charge < -0.3 is 19.2 Å². The number of ether oxygens (including phenoxy) is 2. The lowest BCUT2D eigenvalue weighted by atomic mass is 9.65. The van der Waals surface area contributed by atoms with E-state index in [1.807, 2.05) is 24.3 Å². The van der Waals surface area contributed by atoms with Crippen LogP contribution in [0.3, 0.4) is 0 Å². The molecule has 0 radical (unpaired) electrons. The summed E-state index contributed by atoms with van der Waals surface area (Å²) in [6, 6.07) is 17.0. The second-order valence-corrected chi connectivity index (χ2v) is 8.09. The van der Waals surface area contributed by atoms with Gasteiger partial charge in [-0.1, -0.05) is 41.6 Å². The lowest BCUT2D eigenvalue weighted by molar-refractivity contribution is 0.125. The molecule has 0 N–H and O–H groups in total. The number of hydrogen-bond acceptors (Lipinski definition) is 5. The highest BCUT2D eigenvalue weighted by Crippen LogP contribution is 2.49. The maximum Gasteiger partial charge on any atom is 0.161 e. The summed E-state index contributed by atoms with van der Waals surface area (Å²) >= 11 is 0. The van der Waals surface area contributed by atoms with Crippen LogP contribution in [0.4, 0.5) is 0 Å². The topological polar surface area (TPSA) is 43.3 Å². The summed E-state index contributed by atoms with van der Waals surface area (Å²) in [7, 11) is 5.61.